The van der Waals surface area contributed by atoms with Gasteiger partial charge in [-0.1, -0.05) is 11.1 Å². The summed E-state index contributed by atoms with van der Waals surface area (Å²) in [4.78, 5) is 31.7. The molecule has 0 saturated heterocycles. The highest BCUT2D eigenvalue weighted by atomic mass is 16.6. The molecule has 0 spiro atoms. The van der Waals surface area contributed by atoms with Crippen LogP contribution in [0.15, 0.2) is 30.9 Å². The summed E-state index contributed by atoms with van der Waals surface area (Å²) < 4.78 is 1.69. The number of carbonyl (C=O) groups is 1. The van der Waals surface area contributed by atoms with Crippen LogP contribution in [0.1, 0.15) is 44.1 Å². The van der Waals surface area contributed by atoms with Crippen LogP contribution in [0.5, 0.6) is 0 Å². The lowest BCUT2D eigenvalue weighted by molar-refractivity contribution is -0.394. The first-order valence-corrected chi connectivity index (χ1v) is 9.72. The normalized spacial score (nSPS) is 33.0. The van der Waals surface area contributed by atoms with E-state index in [0.29, 0.717) is 24.8 Å². The standard InChI is InChI=1S/C19H22N6O3/c26-16(21-10-13-2-1-3-20-9-13)18-5-14-4-15(6-18)8-19(7-14,11-18)24-12-22-17(23-24)25(27)28/h1-3,9,12,14-15H,4-8,10-11H2,(H,21,26). The van der Waals surface area contributed by atoms with Crippen molar-refractivity contribution in [2.75, 3.05) is 0 Å². The Hall–Kier alpha value is -2.84. The number of pyridine rings is 1. The third-order valence-electron chi connectivity index (χ3n) is 6.82. The molecule has 2 aromatic rings. The zero-order valence-electron chi connectivity index (χ0n) is 15.5. The second-order valence-corrected chi connectivity index (χ2v) is 8.76. The van der Waals surface area contributed by atoms with Gasteiger partial charge < -0.3 is 15.4 Å². The lowest BCUT2D eigenvalue weighted by atomic mass is 9.46. The molecule has 2 heterocycles. The molecule has 4 aliphatic carbocycles. The van der Waals surface area contributed by atoms with Gasteiger partial charge in [-0.25, -0.2) is 0 Å². The molecule has 28 heavy (non-hydrogen) atoms. The first kappa shape index (κ1) is 17.3. The van der Waals surface area contributed by atoms with E-state index in [2.05, 4.69) is 20.4 Å². The van der Waals surface area contributed by atoms with Gasteiger partial charge in [0.2, 0.25) is 12.2 Å². The first-order valence-electron chi connectivity index (χ1n) is 9.72. The maximum atomic E-state index is 13.3. The quantitative estimate of drug-likeness (QED) is 0.626. The Labute approximate surface area is 161 Å². The fraction of sp³-hybridized carbons (Fsp3) is 0.579. The molecule has 2 atom stereocenters. The van der Waals surface area contributed by atoms with Gasteiger partial charge in [-0.3, -0.25) is 9.78 Å². The monoisotopic (exact) mass is 382 g/mol. The van der Waals surface area contributed by atoms with E-state index < -0.39 is 10.3 Å². The third kappa shape index (κ3) is 2.68. The second kappa shape index (κ2) is 6.08. The molecule has 1 N–H and O–H groups in total. The van der Waals surface area contributed by atoms with Gasteiger partial charge in [0.05, 0.1) is 11.0 Å². The average molecular weight is 382 g/mol. The summed E-state index contributed by atoms with van der Waals surface area (Å²) in [7, 11) is 0. The van der Waals surface area contributed by atoms with Gasteiger partial charge in [0, 0.05) is 24.0 Å². The summed E-state index contributed by atoms with van der Waals surface area (Å²) >= 11 is 0. The van der Waals surface area contributed by atoms with E-state index in [1.165, 1.54) is 6.33 Å². The van der Waals surface area contributed by atoms with Crippen molar-refractivity contribution < 1.29 is 9.72 Å². The summed E-state index contributed by atoms with van der Waals surface area (Å²) in [5.74, 6) is 0.623. The van der Waals surface area contributed by atoms with Crippen molar-refractivity contribution in [1.82, 2.24) is 25.1 Å². The maximum absolute atomic E-state index is 13.3. The van der Waals surface area contributed by atoms with E-state index in [9.17, 15) is 14.9 Å². The molecule has 1 amide bonds. The van der Waals surface area contributed by atoms with E-state index in [1.54, 1.807) is 17.1 Å². The molecule has 4 bridgehead atoms. The van der Waals surface area contributed by atoms with Gasteiger partial charge >= 0.3 is 5.95 Å². The summed E-state index contributed by atoms with van der Waals surface area (Å²) in [5, 5.41) is 18.3. The molecule has 0 aromatic carbocycles. The fourth-order valence-corrected chi connectivity index (χ4v) is 6.19. The van der Waals surface area contributed by atoms with Crippen LogP contribution in [0.2, 0.25) is 0 Å². The SMILES string of the molecule is O=C(NCc1cccnc1)C12CC3CC(C1)CC(n1cnc([N+](=O)[O-])n1)(C3)C2. The lowest BCUT2D eigenvalue weighted by Crippen LogP contribution is -2.61. The van der Waals surface area contributed by atoms with Crippen molar-refractivity contribution in [3.63, 3.8) is 0 Å². The van der Waals surface area contributed by atoms with Crippen LogP contribution >= 0.6 is 0 Å². The number of nitrogens with zero attached hydrogens (tertiary/aromatic N) is 5. The topological polar surface area (TPSA) is 116 Å². The van der Waals surface area contributed by atoms with Crippen LogP contribution in [-0.2, 0) is 16.9 Å². The summed E-state index contributed by atoms with van der Waals surface area (Å²) in [6, 6.07) is 3.81. The summed E-state index contributed by atoms with van der Waals surface area (Å²) in [6.45, 7) is 0.464. The Bertz CT molecular complexity index is 913. The Balaban J connectivity index is 1.41. The van der Waals surface area contributed by atoms with Crippen molar-refractivity contribution in [3.05, 3.63) is 46.5 Å². The predicted molar refractivity (Wildman–Crippen MR) is 97.8 cm³/mol. The molecule has 4 saturated carbocycles. The largest absolute Gasteiger partial charge is 0.490 e. The molecule has 6 rings (SSSR count). The van der Waals surface area contributed by atoms with E-state index in [1.807, 2.05) is 12.1 Å². The number of rotatable bonds is 5. The van der Waals surface area contributed by atoms with Crippen LogP contribution in [0.4, 0.5) is 5.95 Å². The Kier molecular flexibility index (Phi) is 3.75. The van der Waals surface area contributed by atoms with Crippen molar-refractivity contribution in [2.24, 2.45) is 17.3 Å². The zero-order chi connectivity index (χ0) is 19.4. The molecule has 146 valence electrons. The van der Waals surface area contributed by atoms with Gasteiger partial charge in [0.15, 0.2) is 0 Å². The number of aromatic nitrogens is 4. The molecule has 2 unspecified atom stereocenters. The van der Waals surface area contributed by atoms with E-state index in [0.717, 1.165) is 37.7 Å². The zero-order valence-corrected chi connectivity index (χ0v) is 15.5. The molecule has 0 radical (unpaired) electrons. The van der Waals surface area contributed by atoms with Gasteiger partial charge in [-0.2, -0.15) is 4.68 Å². The first-order chi connectivity index (χ1) is 13.5. The van der Waals surface area contributed by atoms with E-state index in [-0.39, 0.29) is 17.4 Å². The third-order valence-corrected chi connectivity index (χ3v) is 6.82. The number of hydrogen-bond donors (Lipinski definition) is 1. The van der Waals surface area contributed by atoms with Gasteiger partial charge in [-0.15, -0.1) is 0 Å². The van der Waals surface area contributed by atoms with Gasteiger partial charge in [0.25, 0.3) is 0 Å². The van der Waals surface area contributed by atoms with Crippen LogP contribution in [0, 0.1) is 27.4 Å². The average Bonchev–Trinajstić information content (AvgIpc) is 3.17. The molecular formula is C19H22N6O3. The molecule has 4 aliphatic rings. The molecule has 4 fully saturated rings. The number of nitro groups is 1. The van der Waals surface area contributed by atoms with E-state index in [4.69, 9.17) is 0 Å². The molecule has 9 nitrogen and oxygen atoms in total. The lowest BCUT2D eigenvalue weighted by Gasteiger charge is -2.60. The minimum atomic E-state index is -0.562. The number of nitrogens with one attached hydrogen (secondary N) is 1. The number of amides is 1. The Morgan fingerprint density at radius 2 is 2.11 bits per heavy atom. The fourth-order valence-electron chi connectivity index (χ4n) is 6.19. The number of carbonyl (C=O) groups excluding carboxylic acids is 1. The van der Waals surface area contributed by atoms with Crippen molar-refractivity contribution >= 4 is 11.9 Å². The predicted octanol–water partition coefficient (Wildman–Crippen LogP) is 2.19. The number of hydrogen-bond acceptors (Lipinski definition) is 6. The molecule has 9 heteroatoms. The summed E-state index contributed by atoms with van der Waals surface area (Å²) in [5.41, 5.74) is 0.214. The summed E-state index contributed by atoms with van der Waals surface area (Å²) in [6.07, 6.45) is 10.4. The highest BCUT2D eigenvalue weighted by Crippen LogP contribution is 2.64. The van der Waals surface area contributed by atoms with Gasteiger partial charge in [0.1, 0.15) is 0 Å². The Morgan fingerprint density at radius 3 is 2.75 bits per heavy atom. The van der Waals surface area contributed by atoms with Gasteiger partial charge in [-0.05, 0) is 66.9 Å². The van der Waals surface area contributed by atoms with Crippen LogP contribution in [-0.4, -0.2) is 30.6 Å². The smallest absolute Gasteiger partial charge is 0.390 e. The van der Waals surface area contributed by atoms with Crippen LogP contribution < -0.4 is 5.32 Å². The maximum Gasteiger partial charge on any atom is 0.490 e. The molecule has 0 aliphatic heterocycles. The highest BCUT2D eigenvalue weighted by Gasteiger charge is 2.62. The van der Waals surface area contributed by atoms with Crippen LogP contribution in [0.3, 0.4) is 0 Å². The molecular weight excluding hydrogens is 360 g/mol. The minimum Gasteiger partial charge on any atom is -0.390 e. The van der Waals surface area contributed by atoms with Crippen molar-refractivity contribution in [1.29, 1.82) is 0 Å². The highest BCUT2D eigenvalue weighted by molar-refractivity contribution is 5.83. The minimum absolute atomic E-state index is 0.0874. The Morgan fingerprint density at radius 1 is 1.32 bits per heavy atom. The van der Waals surface area contributed by atoms with Crippen molar-refractivity contribution in [2.45, 2.75) is 50.6 Å². The second-order valence-electron chi connectivity index (χ2n) is 8.76. The van der Waals surface area contributed by atoms with Crippen LogP contribution in [0.25, 0.3) is 0 Å². The van der Waals surface area contributed by atoms with E-state index >= 15 is 0 Å². The molecule has 2 aromatic heterocycles. The van der Waals surface area contributed by atoms with Crippen molar-refractivity contribution in [3.8, 4) is 0 Å².